The third-order valence-electron chi connectivity index (χ3n) is 5.30. The highest BCUT2D eigenvalue weighted by molar-refractivity contribution is 7.86. The molecule has 16 heteroatoms. The van der Waals surface area contributed by atoms with Crippen LogP contribution in [0.1, 0.15) is 25.6 Å². The fourth-order valence-corrected chi connectivity index (χ4v) is 5.68. The fourth-order valence-electron chi connectivity index (χ4n) is 3.74. The lowest BCUT2D eigenvalue weighted by molar-refractivity contribution is -0.155. The largest absolute Gasteiger partial charge is 0.492 e. The normalized spacial score (nSPS) is 21.7. The SMILES string of the molecule is CC(=O)OC[C@H]1O[C@@H](n2c(=O)sc3c(O)nc(N)nc32)[C@H](OC(C)=O)[C@H]1OS(=O)(=O)c1ccc(C)cc1. The number of benzene rings is 1. The highest BCUT2D eigenvalue weighted by Crippen LogP contribution is 2.38. The smallest absolute Gasteiger partial charge is 0.311 e. The first kappa shape index (κ1) is 26.5. The minimum atomic E-state index is -4.44. The number of aromatic hydroxyl groups is 1. The van der Waals surface area contributed by atoms with Crippen molar-refractivity contribution in [1.29, 1.82) is 0 Å². The molecular weight excluding hydrogens is 532 g/mol. The summed E-state index contributed by atoms with van der Waals surface area (Å²) in [5.41, 5.74) is 6.29. The number of hydrogen-bond acceptors (Lipinski definition) is 14. The summed E-state index contributed by atoms with van der Waals surface area (Å²) in [6.45, 7) is 3.49. The van der Waals surface area contributed by atoms with Crippen molar-refractivity contribution in [3.8, 4) is 5.88 Å². The molecule has 3 aromatic rings. The summed E-state index contributed by atoms with van der Waals surface area (Å²) < 4.78 is 48.9. The van der Waals surface area contributed by atoms with Gasteiger partial charge in [0.2, 0.25) is 11.8 Å². The number of fused-ring (bicyclic) bond motifs is 1. The molecule has 4 atom stereocenters. The summed E-state index contributed by atoms with van der Waals surface area (Å²) >= 11 is 0.566. The molecule has 3 heterocycles. The highest BCUT2D eigenvalue weighted by atomic mass is 32.2. The van der Waals surface area contributed by atoms with Crippen LogP contribution in [-0.4, -0.2) is 64.9 Å². The summed E-state index contributed by atoms with van der Waals surface area (Å²) in [6.07, 6.45) is -5.85. The summed E-state index contributed by atoms with van der Waals surface area (Å²) in [7, 11) is -4.44. The maximum Gasteiger partial charge on any atom is 0.311 e. The molecule has 0 aliphatic carbocycles. The molecule has 37 heavy (non-hydrogen) atoms. The molecule has 0 bridgehead atoms. The number of nitrogens with zero attached hydrogens (tertiary/aromatic N) is 3. The summed E-state index contributed by atoms with van der Waals surface area (Å²) in [6, 6.07) is 5.80. The topological polar surface area (TPSA) is 199 Å². The van der Waals surface area contributed by atoms with Crippen molar-refractivity contribution < 1.29 is 41.5 Å². The quantitative estimate of drug-likeness (QED) is 0.304. The molecule has 0 unspecified atom stereocenters. The van der Waals surface area contributed by atoms with Gasteiger partial charge >= 0.3 is 16.8 Å². The zero-order chi connectivity index (χ0) is 27.1. The molecule has 1 aliphatic heterocycles. The Kier molecular flexibility index (Phi) is 7.18. The number of anilines is 1. The Hall–Kier alpha value is -3.60. The average molecular weight is 555 g/mol. The highest BCUT2D eigenvalue weighted by Gasteiger charge is 2.52. The Morgan fingerprint density at radius 2 is 1.84 bits per heavy atom. The second kappa shape index (κ2) is 10.0. The van der Waals surface area contributed by atoms with Gasteiger partial charge in [0.25, 0.3) is 10.1 Å². The number of carbonyl (C=O) groups excluding carboxylic acids is 2. The minimum absolute atomic E-state index is 0.0300. The molecule has 0 amide bonds. The van der Waals surface area contributed by atoms with Crippen LogP contribution >= 0.6 is 11.3 Å². The predicted octanol–water partition coefficient (Wildman–Crippen LogP) is 0.616. The predicted molar refractivity (Wildman–Crippen MR) is 127 cm³/mol. The third kappa shape index (κ3) is 5.41. The van der Waals surface area contributed by atoms with E-state index in [4.69, 9.17) is 24.1 Å². The number of nitrogen functional groups attached to an aromatic ring is 1. The second-order valence-corrected chi connectivity index (χ2v) is 10.6. The van der Waals surface area contributed by atoms with E-state index in [1.165, 1.54) is 12.1 Å². The number of aromatic nitrogens is 3. The molecule has 14 nitrogen and oxygen atoms in total. The van der Waals surface area contributed by atoms with Crippen LogP contribution in [-0.2, 0) is 38.1 Å². The molecule has 2 aromatic heterocycles. The van der Waals surface area contributed by atoms with E-state index in [2.05, 4.69) is 9.97 Å². The van der Waals surface area contributed by atoms with Gasteiger partial charge in [-0.3, -0.25) is 23.1 Å². The van der Waals surface area contributed by atoms with Gasteiger partial charge in [0.15, 0.2) is 18.0 Å². The molecule has 1 fully saturated rings. The van der Waals surface area contributed by atoms with Crippen LogP contribution < -0.4 is 10.6 Å². The molecule has 1 saturated heterocycles. The monoisotopic (exact) mass is 554 g/mol. The van der Waals surface area contributed by atoms with Gasteiger partial charge in [-0.15, -0.1) is 0 Å². The molecular formula is C21H22N4O10S2. The van der Waals surface area contributed by atoms with Crippen LogP contribution in [0.5, 0.6) is 5.88 Å². The van der Waals surface area contributed by atoms with Crippen molar-refractivity contribution >= 4 is 49.7 Å². The maximum absolute atomic E-state index is 13.1. The van der Waals surface area contributed by atoms with E-state index in [0.29, 0.717) is 11.3 Å². The summed E-state index contributed by atoms with van der Waals surface area (Å²) in [5, 5.41) is 10.1. The van der Waals surface area contributed by atoms with Gasteiger partial charge in [-0.2, -0.15) is 18.4 Å². The molecule has 0 spiro atoms. The Morgan fingerprint density at radius 1 is 1.16 bits per heavy atom. The molecule has 4 rings (SSSR count). The minimum Gasteiger partial charge on any atom is -0.492 e. The van der Waals surface area contributed by atoms with Gasteiger partial charge in [-0.25, -0.2) is 0 Å². The van der Waals surface area contributed by atoms with Gasteiger partial charge in [-0.05, 0) is 19.1 Å². The Morgan fingerprint density at radius 3 is 2.46 bits per heavy atom. The Labute approximate surface area is 213 Å². The van der Waals surface area contributed by atoms with Crippen molar-refractivity contribution in [2.24, 2.45) is 0 Å². The van der Waals surface area contributed by atoms with E-state index < -0.39 is 64.0 Å². The fraction of sp³-hybridized carbons (Fsp3) is 0.381. The molecule has 0 radical (unpaired) electrons. The van der Waals surface area contributed by atoms with Crippen molar-refractivity contribution in [1.82, 2.24) is 14.5 Å². The number of nitrogens with two attached hydrogens (primary N) is 1. The molecule has 198 valence electrons. The second-order valence-electron chi connectivity index (χ2n) is 8.07. The van der Waals surface area contributed by atoms with E-state index in [1.54, 1.807) is 19.1 Å². The number of rotatable bonds is 7. The van der Waals surface area contributed by atoms with Crippen molar-refractivity contribution in [3.63, 3.8) is 0 Å². The van der Waals surface area contributed by atoms with E-state index >= 15 is 0 Å². The van der Waals surface area contributed by atoms with Gasteiger partial charge in [0, 0.05) is 13.8 Å². The zero-order valence-corrected chi connectivity index (χ0v) is 21.3. The summed E-state index contributed by atoms with van der Waals surface area (Å²) in [5.74, 6) is -2.45. The lowest BCUT2D eigenvalue weighted by atomic mass is 10.1. The zero-order valence-electron chi connectivity index (χ0n) is 19.7. The van der Waals surface area contributed by atoms with Gasteiger partial charge in [0.1, 0.15) is 23.5 Å². The van der Waals surface area contributed by atoms with Crippen molar-refractivity contribution in [2.75, 3.05) is 12.3 Å². The van der Waals surface area contributed by atoms with E-state index in [9.17, 15) is 27.9 Å². The summed E-state index contributed by atoms with van der Waals surface area (Å²) in [4.78, 5) is 43.1. The number of ether oxygens (including phenoxy) is 3. The Bertz CT molecular complexity index is 1520. The Balaban J connectivity index is 1.82. The van der Waals surface area contributed by atoms with Crippen molar-refractivity contribution in [2.45, 2.75) is 50.2 Å². The van der Waals surface area contributed by atoms with Crippen LogP contribution in [0, 0.1) is 6.92 Å². The van der Waals surface area contributed by atoms with E-state index in [0.717, 1.165) is 24.0 Å². The number of hydrogen-bond donors (Lipinski definition) is 2. The lowest BCUT2D eigenvalue weighted by Gasteiger charge is -2.23. The average Bonchev–Trinajstić information content (AvgIpc) is 3.28. The number of aryl methyl sites for hydroxylation is 1. The molecule has 0 saturated carbocycles. The van der Waals surface area contributed by atoms with Crippen LogP contribution in [0.3, 0.4) is 0 Å². The van der Waals surface area contributed by atoms with Crippen LogP contribution in [0.4, 0.5) is 5.95 Å². The van der Waals surface area contributed by atoms with Crippen LogP contribution in [0.25, 0.3) is 10.3 Å². The maximum atomic E-state index is 13.1. The first-order valence-electron chi connectivity index (χ1n) is 10.7. The van der Waals surface area contributed by atoms with Gasteiger partial charge in [-0.1, -0.05) is 29.0 Å². The van der Waals surface area contributed by atoms with E-state index in [-0.39, 0.29) is 21.2 Å². The molecule has 1 aliphatic rings. The van der Waals surface area contributed by atoms with Gasteiger partial charge < -0.3 is 25.1 Å². The number of esters is 2. The van der Waals surface area contributed by atoms with Crippen molar-refractivity contribution in [3.05, 3.63) is 39.5 Å². The molecule has 3 N–H and O–H groups in total. The van der Waals surface area contributed by atoms with Crippen LogP contribution in [0.2, 0.25) is 0 Å². The number of carbonyl (C=O) groups is 2. The lowest BCUT2D eigenvalue weighted by Crippen LogP contribution is -2.41. The standard InChI is InChI=1S/C21H22N4O10S2/c1-9-4-6-12(7-5-9)37(30,31)35-14-13(8-32-10(2)26)34-19(15(14)33-11(3)27)25-17-16(36-21(25)29)18(28)24-20(22)23-17/h4-7,13-15,19H,8H2,1-3H3,(H3,22,23,24,28)/t13-,14+,15-,19-/m1/s1. The van der Waals surface area contributed by atoms with Crippen LogP contribution in [0.15, 0.2) is 34.0 Å². The first-order valence-corrected chi connectivity index (χ1v) is 12.9. The number of thiazole rings is 1. The molecule has 1 aromatic carbocycles. The first-order chi connectivity index (χ1) is 17.4. The van der Waals surface area contributed by atoms with Gasteiger partial charge in [0.05, 0.1) is 4.90 Å². The third-order valence-corrected chi connectivity index (χ3v) is 7.57. The van der Waals surface area contributed by atoms with E-state index in [1.807, 2.05) is 0 Å².